The molecule has 0 aromatic rings. The van der Waals surface area contributed by atoms with Crippen molar-refractivity contribution in [3.8, 4) is 0 Å². The highest BCUT2D eigenvalue weighted by Gasteiger charge is 1.89. The number of rotatable bonds is 3. The normalized spacial score (nSPS) is 11.1. The molecule has 0 rings (SSSR count). The summed E-state index contributed by atoms with van der Waals surface area (Å²) < 4.78 is 0. The van der Waals surface area contributed by atoms with Gasteiger partial charge < -0.3 is 0 Å². The van der Waals surface area contributed by atoms with E-state index in [1.807, 2.05) is 13.0 Å². The molecule has 9 heavy (non-hydrogen) atoms. The molecule has 0 atom stereocenters. The van der Waals surface area contributed by atoms with Crippen LogP contribution in [0.2, 0.25) is 0 Å². The average Bonchev–Trinajstić information content (AvgIpc) is 1.82. The van der Waals surface area contributed by atoms with Crippen molar-refractivity contribution in [1.29, 1.82) is 0 Å². The third-order valence-electron chi connectivity index (χ3n) is 1.25. The highest BCUT2D eigenvalue weighted by molar-refractivity contribution is 5.28. The van der Waals surface area contributed by atoms with E-state index in [2.05, 4.69) is 20.1 Å². The summed E-state index contributed by atoms with van der Waals surface area (Å²) >= 11 is 0. The molecule has 0 saturated heterocycles. The van der Waals surface area contributed by atoms with Crippen LogP contribution in [0.5, 0.6) is 0 Å². The Kier molecular flexibility index (Phi) is 3.78. The van der Waals surface area contributed by atoms with Crippen LogP contribution in [-0.2, 0) is 0 Å². The van der Waals surface area contributed by atoms with Gasteiger partial charge in [0, 0.05) is 0 Å². The third-order valence-corrected chi connectivity index (χ3v) is 1.25. The molecule has 0 fully saturated rings. The van der Waals surface area contributed by atoms with Gasteiger partial charge in [0.25, 0.3) is 0 Å². The van der Waals surface area contributed by atoms with Gasteiger partial charge in [0.05, 0.1) is 0 Å². The van der Waals surface area contributed by atoms with E-state index in [4.69, 9.17) is 0 Å². The van der Waals surface area contributed by atoms with Crippen molar-refractivity contribution < 1.29 is 0 Å². The van der Waals surface area contributed by atoms with Gasteiger partial charge in [-0.15, -0.1) is 0 Å². The van der Waals surface area contributed by atoms with E-state index in [0.29, 0.717) is 0 Å². The van der Waals surface area contributed by atoms with Crippen LogP contribution in [0.25, 0.3) is 0 Å². The van der Waals surface area contributed by atoms with E-state index in [0.717, 1.165) is 12.0 Å². The summed E-state index contributed by atoms with van der Waals surface area (Å²) in [5, 5.41) is 0. The summed E-state index contributed by atoms with van der Waals surface area (Å²) in [6.45, 7) is 11.6. The van der Waals surface area contributed by atoms with Crippen molar-refractivity contribution in [2.45, 2.75) is 20.3 Å². The first-order valence-electron chi connectivity index (χ1n) is 3.19. The van der Waals surface area contributed by atoms with E-state index in [-0.39, 0.29) is 0 Å². The molecule has 0 aliphatic rings. The summed E-state index contributed by atoms with van der Waals surface area (Å²) in [7, 11) is 0. The second kappa shape index (κ2) is 4.13. The third kappa shape index (κ3) is 2.91. The molecule has 0 spiro atoms. The summed E-state index contributed by atoms with van der Waals surface area (Å²) in [5.74, 6) is 0. The molecular formula is C9H14. The van der Waals surface area contributed by atoms with Gasteiger partial charge in [0.15, 0.2) is 0 Å². The van der Waals surface area contributed by atoms with E-state index >= 15 is 0 Å². The molecule has 0 aromatic heterocycles. The van der Waals surface area contributed by atoms with Crippen molar-refractivity contribution in [2.24, 2.45) is 0 Å². The van der Waals surface area contributed by atoms with Crippen LogP contribution in [-0.4, -0.2) is 0 Å². The van der Waals surface area contributed by atoms with Crippen molar-refractivity contribution in [1.82, 2.24) is 0 Å². The van der Waals surface area contributed by atoms with Gasteiger partial charge >= 0.3 is 0 Å². The Hall–Kier alpha value is -0.780. The van der Waals surface area contributed by atoms with Crippen LogP contribution in [0.1, 0.15) is 20.3 Å². The number of hydrogen-bond acceptors (Lipinski definition) is 0. The minimum atomic E-state index is 1.04. The first kappa shape index (κ1) is 8.22. The van der Waals surface area contributed by atoms with E-state index < -0.39 is 0 Å². The Morgan fingerprint density at radius 2 is 2.11 bits per heavy atom. The average molecular weight is 122 g/mol. The molecule has 0 aromatic carbocycles. The highest BCUT2D eigenvalue weighted by Crippen LogP contribution is 2.09. The highest BCUT2D eigenvalue weighted by atomic mass is 14.0. The minimum absolute atomic E-state index is 1.04. The van der Waals surface area contributed by atoms with E-state index in [1.54, 1.807) is 6.08 Å². The molecule has 0 bridgehead atoms. The van der Waals surface area contributed by atoms with Gasteiger partial charge in [-0.2, -0.15) is 0 Å². The van der Waals surface area contributed by atoms with Gasteiger partial charge in [-0.25, -0.2) is 0 Å². The van der Waals surface area contributed by atoms with Gasteiger partial charge in [-0.3, -0.25) is 0 Å². The van der Waals surface area contributed by atoms with E-state index in [1.165, 1.54) is 5.57 Å². The van der Waals surface area contributed by atoms with Gasteiger partial charge in [0.2, 0.25) is 0 Å². The van der Waals surface area contributed by atoms with Gasteiger partial charge in [0.1, 0.15) is 0 Å². The van der Waals surface area contributed by atoms with Crippen molar-refractivity contribution in [3.63, 3.8) is 0 Å². The van der Waals surface area contributed by atoms with Gasteiger partial charge in [-0.05, 0) is 18.9 Å². The topological polar surface area (TPSA) is 0 Å². The maximum Gasteiger partial charge on any atom is -0.0305 e. The smallest absolute Gasteiger partial charge is 0.0305 e. The SMILES string of the molecule is C=C/C=C(/CC)C(=C)C. The molecule has 0 radical (unpaired) electrons. The first-order valence-corrected chi connectivity index (χ1v) is 3.19. The summed E-state index contributed by atoms with van der Waals surface area (Å²) in [5.41, 5.74) is 2.42. The zero-order chi connectivity index (χ0) is 7.28. The Morgan fingerprint density at radius 1 is 1.56 bits per heavy atom. The molecular weight excluding hydrogens is 108 g/mol. The lowest BCUT2D eigenvalue weighted by Gasteiger charge is -1.99. The van der Waals surface area contributed by atoms with Crippen LogP contribution in [0, 0.1) is 0 Å². The second-order valence-electron chi connectivity index (χ2n) is 2.06. The summed E-state index contributed by atoms with van der Waals surface area (Å²) in [4.78, 5) is 0. The fourth-order valence-corrected chi connectivity index (χ4v) is 0.704. The first-order chi connectivity index (χ1) is 4.22. The molecule has 0 aliphatic heterocycles. The Labute approximate surface area is 57.6 Å². The minimum Gasteiger partial charge on any atom is -0.0991 e. The molecule has 0 nitrogen and oxygen atoms in total. The Bertz CT molecular complexity index is 138. The molecule has 0 amide bonds. The predicted molar refractivity (Wildman–Crippen MR) is 43.4 cm³/mol. The number of hydrogen-bond donors (Lipinski definition) is 0. The zero-order valence-electron chi connectivity index (χ0n) is 6.28. The standard InChI is InChI=1S/C9H14/c1-5-7-9(6-2)8(3)4/h5,7H,1,3,6H2,2,4H3/b9-7-. The maximum absolute atomic E-state index is 3.83. The summed E-state index contributed by atoms with van der Waals surface area (Å²) in [6.07, 6.45) is 4.84. The molecule has 0 heteroatoms. The molecule has 0 aliphatic carbocycles. The molecule has 0 heterocycles. The summed E-state index contributed by atoms with van der Waals surface area (Å²) in [6, 6.07) is 0. The van der Waals surface area contributed by atoms with Crippen LogP contribution < -0.4 is 0 Å². The monoisotopic (exact) mass is 122 g/mol. The lowest BCUT2D eigenvalue weighted by molar-refractivity contribution is 1.11. The lowest BCUT2D eigenvalue weighted by atomic mass is 10.1. The predicted octanol–water partition coefficient (Wildman–Crippen LogP) is 3.08. The largest absolute Gasteiger partial charge is 0.0991 e. The van der Waals surface area contributed by atoms with Gasteiger partial charge in [-0.1, -0.05) is 37.8 Å². The lowest BCUT2D eigenvalue weighted by Crippen LogP contribution is -1.78. The van der Waals surface area contributed by atoms with Crippen molar-refractivity contribution in [2.75, 3.05) is 0 Å². The molecule has 0 N–H and O–H groups in total. The molecule has 0 saturated carbocycles. The van der Waals surface area contributed by atoms with Crippen LogP contribution in [0.3, 0.4) is 0 Å². The Balaban J connectivity index is 4.14. The fourth-order valence-electron chi connectivity index (χ4n) is 0.704. The second-order valence-corrected chi connectivity index (χ2v) is 2.06. The zero-order valence-corrected chi connectivity index (χ0v) is 6.28. The quantitative estimate of drug-likeness (QED) is 0.504. The number of allylic oxidation sites excluding steroid dienone is 4. The van der Waals surface area contributed by atoms with Crippen LogP contribution in [0.15, 0.2) is 36.5 Å². The molecule has 50 valence electrons. The molecule has 0 unspecified atom stereocenters. The fraction of sp³-hybridized carbons (Fsp3) is 0.333. The van der Waals surface area contributed by atoms with Crippen molar-refractivity contribution in [3.05, 3.63) is 36.5 Å². The van der Waals surface area contributed by atoms with E-state index in [9.17, 15) is 0 Å². The van der Waals surface area contributed by atoms with Crippen molar-refractivity contribution >= 4 is 0 Å². The van der Waals surface area contributed by atoms with Crippen LogP contribution >= 0.6 is 0 Å². The van der Waals surface area contributed by atoms with Crippen LogP contribution in [0.4, 0.5) is 0 Å². The Morgan fingerprint density at radius 3 is 2.22 bits per heavy atom. The maximum atomic E-state index is 3.83.